The maximum atomic E-state index is 13.1. The van der Waals surface area contributed by atoms with E-state index < -0.39 is 97.5 Å². The van der Waals surface area contributed by atoms with Crippen molar-refractivity contribution in [2.75, 3.05) is 39.6 Å². The van der Waals surface area contributed by atoms with E-state index >= 15 is 0 Å². The third-order valence-electron chi connectivity index (χ3n) is 19.7. The molecule has 0 spiro atoms. The van der Waals surface area contributed by atoms with Crippen LogP contribution in [0.5, 0.6) is 0 Å². The lowest BCUT2D eigenvalue weighted by Crippen LogP contribution is -2.30. The minimum absolute atomic E-state index is 0.102. The summed E-state index contributed by atoms with van der Waals surface area (Å²) in [4.78, 5) is 72.9. The van der Waals surface area contributed by atoms with Crippen LogP contribution in [0.3, 0.4) is 0 Å². The van der Waals surface area contributed by atoms with Crippen molar-refractivity contribution in [1.29, 1.82) is 0 Å². The van der Waals surface area contributed by atoms with Crippen LogP contribution in [0.4, 0.5) is 0 Å². The van der Waals surface area contributed by atoms with Crippen LogP contribution in [0.15, 0.2) is 0 Å². The van der Waals surface area contributed by atoms with Gasteiger partial charge in [-0.3, -0.25) is 37.3 Å². The van der Waals surface area contributed by atoms with Gasteiger partial charge in [-0.15, -0.1) is 0 Å². The number of carbonyl (C=O) groups excluding carboxylic acids is 4. The summed E-state index contributed by atoms with van der Waals surface area (Å²) in [5, 5.41) is 10.6. The molecule has 0 radical (unpaired) electrons. The van der Waals surface area contributed by atoms with Crippen molar-refractivity contribution in [3.05, 3.63) is 0 Å². The molecule has 0 amide bonds. The molecule has 8 atom stereocenters. The number of phosphoric ester groups is 2. The Hall–Kier alpha value is -1.94. The number of phosphoric acid groups is 2. The monoisotopic (exact) mass is 1450 g/mol. The fourth-order valence-corrected chi connectivity index (χ4v) is 13.8. The highest BCUT2D eigenvalue weighted by atomic mass is 31.2. The molecule has 0 aliphatic carbocycles. The number of rotatable bonds is 78. The Balaban J connectivity index is 5.21. The van der Waals surface area contributed by atoms with Gasteiger partial charge in [-0.05, 0) is 43.4 Å². The van der Waals surface area contributed by atoms with E-state index in [0.717, 1.165) is 114 Å². The summed E-state index contributed by atoms with van der Waals surface area (Å²) in [5.74, 6) is 0.182. The van der Waals surface area contributed by atoms with Crippen LogP contribution in [0.1, 0.15) is 414 Å². The van der Waals surface area contributed by atoms with Gasteiger partial charge in [0.25, 0.3) is 0 Å². The van der Waals surface area contributed by atoms with Gasteiger partial charge >= 0.3 is 39.5 Å². The van der Waals surface area contributed by atoms with Gasteiger partial charge in [0.15, 0.2) is 12.2 Å². The number of hydrogen-bond acceptors (Lipinski definition) is 15. The Kier molecular flexibility index (Phi) is 69.0. The van der Waals surface area contributed by atoms with Gasteiger partial charge in [-0.2, -0.15) is 0 Å². The number of aliphatic hydroxyl groups is 1. The van der Waals surface area contributed by atoms with Gasteiger partial charge < -0.3 is 33.8 Å². The molecular weight excluding hydrogens is 1290 g/mol. The van der Waals surface area contributed by atoms with E-state index in [1.807, 2.05) is 0 Å². The van der Waals surface area contributed by atoms with Crippen LogP contribution in [-0.2, 0) is 65.4 Å². The highest BCUT2D eigenvalue weighted by Gasteiger charge is 2.30. The molecule has 5 unspecified atom stereocenters. The fraction of sp³-hybridized carbons (Fsp3) is 0.950. The molecule has 0 saturated carbocycles. The summed E-state index contributed by atoms with van der Waals surface area (Å²) in [6.45, 7) is 11.9. The number of carbonyl (C=O) groups is 4. The first-order valence-corrected chi connectivity index (χ1v) is 44.5. The molecule has 0 aromatic rings. The quantitative estimate of drug-likeness (QED) is 0.0222. The van der Waals surface area contributed by atoms with E-state index in [9.17, 15) is 43.2 Å². The van der Waals surface area contributed by atoms with Gasteiger partial charge in [0.1, 0.15) is 19.3 Å². The lowest BCUT2D eigenvalue weighted by atomic mass is 9.99. The SMILES string of the molecule is CCCCCCCCCCCCCCCCCCCCCCCC(=O)O[C@H](COC(=O)CCCCCCCCCCCCCCCCC(C)CC)COP(=O)(O)OC[C@@H](O)COP(=O)(O)OC[C@@H](COC(=O)CCCCCCCCC(C)CC)OC(=O)CCCCCCCCC(C)CC. The van der Waals surface area contributed by atoms with E-state index in [0.29, 0.717) is 25.7 Å². The molecule has 0 bridgehead atoms. The zero-order valence-electron chi connectivity index (χ0n) is 65.0. The second-order valence-corrected chi connectivity index (χ2v) is 32.4. The topological polar surface area (TPSA) is 237 Å². The van der Waals surface area contributed by atoms with Gasteiger partial charge in [0.2, 0.25) is 0 Å². The number of hydrogen-bond donors (Lipinski definition) is 3. The summed E-state index contributed by atoms with van der Waals surface area (Å²) >= 11 is 0. The summed E-state index contributed by atoms with van der Waals surface area (Å²) in [6.07, 6.45) is 58.5. The number of aliphatic hydroxyl groups excluding tert-OH is 1. The molecule has 99 heavy (non-hydrogen) atoms. The Bertz CT molecular complexity index is 1930. The minimum Gasteiger partial charge on any atom is -0.462 e. The Morgan fingerprint density at radius 2 is 0.485 bits per heavy atom. The number of ether oxygens (including phenoxy) is 4. The maximum Gasteiger partial charge on any atom is 0.472 e. The highest BCUT2D eigenvalue weighted by molar-refractivity contribution is 7.47. The van der Waals surface area contributed by atoms with Crippen molar-refractivity contribution < 1.29 is 80.2 Å². The summed E-state index contributed by atoms with van der Waals surface area (Å²) < 4.78 is 68.6. The molecular formula is C80H156O17P2. The second kappa shape index (κ2) is 70.4. The lowest BCUT2D eigenvalue weighted by Gasteiger charge is -2.21. The van der Waals surface area contributed by atoms with Crippen molar-refractivity contribution in [2.24, 2.45) is 17.8 Å². The van der Waals surface area contributed by atoms with Crippen molar-refractivity contribution in [3.8, 4) is 0 Å². The molecule has 0 rings (SSSR count). The second-order valence-electron chi connectivity index (χ2n) is 29.5. The first-order valence-electron chi connectivity index (χ1n) is 41.5. The summed E-state index contributed by atoms with van der Waals surface area (Å²) in [6, 6.07) is 0. The summed E-state index contributed by atoms with van der Waals surface area (Å²) in [5.41, 5.74) is 0. The standard InChI is InChI=1S/C80H156O17P2/c1-8-12-13-14-15-16-17-18-19-20-21-22-23-24-25-30-33-36-39-49-56-63-79(84)96-75(67-90-77(82)61-54-47-38-35-32-29-27-26-28-31-34-37-44-51-58-71(5)9-2)69-94-98(86,87)92-65-74(81)66-93-99(88,89)95-70-76(97-80(85)64-57-50-43-41-46-53-60-73(7)11-4)68-91-78(83)62-55-48-42-40-45-52-59-72(6)10-3/h71-76,81H,8-70H2,1-7H3,(H,86,87)(H,88,89)/t71?,72?,73?,74-,75-,76-/m1/s1. The smallest absolute Gasteiger partial charge is 0.462 e. The summed E-state index contributed by atoms with van der Waals surface area (Å²) in [7, 11) is -9.92. The molecule has 0 aliphatic heterocycles. The Morgan fingerprint density at radius 1 is 0.283 bits per heavy atom. The van der Waals surface area contributed by atoms with E-state index in [1.165, 1.54) is 218 Å². The van der Waals surface area contributed by atoms with Gasteiger partial charge in [-0.1, -0.05) is 363 Å². The van der Waals surface area contributed by atoms with Gasteiger partial charge in [0, 0.05) is 25.7 Å². The molecule has 17 nitrogen and oxygen atoms in total. The molecule has 0 fully saturated rings. The van der Waals surface area contributed by atoms with Crippen LogP contribution in [0.25, 0.3) is 0 Å². The Morgan fingerprint density at radius 3 is 0.717 bits per heavy atom. The van der Waals surface area contributed by atoms with Gasteiger partial charge in [-0.25, -0.2) is 9.13 Å². The van der Waals surface area contributed by atoms with Crippen LogP contribution in [-0.4, -0.2) is 96.7 Å². The predicted molar refractivity (Wildman–Crippen MR) is 405 cm³/mol. The molecule has 0 aromatic carbocycles. The van der Waals surface area contributed by atoms with E-state index in [4.69, 9.17) is 37.0 Å². The van der Waals surface area contributed by atoms with Gasteiger partial charge in [0.05, 0.1) is 26.4 Å². The average molecular weight is 1450 g/mol. The van der Waals surface area contributed by atoms with Crippen LogP contribution >= 0.6 is 15.6 Å². The molecule has 0 aromatic heterocycles. The fourth-order valence-electron chi connectivity index (χ4n) is 12.2. The lowest BCUT2D eigenvalue weighted by molar-refractivity contribution is -0.161. The Labute approximate surface area is 607 Å². The van der Waals surface area contributed by atoms with Crippen molar-refractivity contribution in [1.82, 2.24) is 0 Å². The maximum absolute atomic E-state index is 13.1. The molecule has 3 N–H and O–H groups in total. The third kappa shape index (κ3) is 70.2. The zero-order chi connectivity index (χ0) is 73.0. The minimum atomic E-state index is -4.96. The van der Waals surface area contributed by atoms with E-state index in [-0.39, 0.29) is 25.7 Å². The van der Waals surface area contributed by atoms with Crippen LogP contribution < -0.4 is 0 Å². The predicted octanol–water partition coefficient (Wildman–Crippen LogP) is 23.7. The zero-order valence-corrected chi connectivity index (χ0v) is 66.8. The van der Waals surface area contributed by atoms with E-state index in [1.54, 1.807) is 0 Å². The molecule has 0 saturated heterocycles. The molecule has 19 heteroatoms. The first-order chi connectivity index (χ1) is 47.8. The van der Waals surface area contributed by atoms with Crippen molar-refractivity contribution in [3.63, 3.8) is 0 Å². The van der Waals surface area contributed by atoms with Crippen molar-refractivity contribution >= 4 is 39.5 Å². The average Bonchev–Trinajstić information content (AvgIpc) is 1.04. The molecule has 0 heterocycles. The van der Waals surface area contributed by atoms with Crippen LogP contribution in [0.2, 0.25) is 0 Å². The number of esters is 4. The van der Waals surface area contributed by atoms with Crippen LogP contribution in [0, 0.1) is 17.8 Å². The van der Waals surface area contributed by atoms with Crippen molar-refractivity contribution in [2.45, 2.75) is 433 Å². The normalized spacial score (nSPS) is 14.8. The molecule has 588 valence electrons. The van der Waals surface area contributed by atoms with E-state index in [2.05, 4.69) is 48.5 Å². The molecule has 0 aliphatic rings. The third-order valence-corrected chi connectivity index (χ3v) is 21.6. The number of unbranched alkanes of at least 4 members (excludes halogenated alkanes) is 43. The first kappa shape index (κ1) is 97.1. The largest absolute Gasteiger partial charge is 0.472 e. The highest BCUT2D eigenvalue weighted by Crippen LogP contribution is 2.45.